The molecular formula is C36H40Br2N4O4. The average molecular weight is 753 g/mol. The Morgan fingerprint density at radius 1 is 0.500 bits per heavy atom. The highest BCUT2D eigenvalue weighted by atomic mass is 79.9. The Bertz CT molecular complexity index is 2150. The van der Waals surface area contributed by atoms with Gasteiger partial charge in [-0.15, -0.1) is 0 Å². The lowest BCUT2D eigenvalue weighted by molar-refractivity contribution is 0.545. The Kier molecular flexibility index (Phi) is 9.85. The Balaban J connectivity index is 1.67. The second-order valence-electron chi connectivity index (χ2n) is 12.5. The molecule has 46 heavy (non-hydrogen) atoms. The standard InChI is InChI=1S/C36H40Br2N4O4/c1-3-5-7-9-11-15-19-41-33(43)25-23-24-26(30(38)29(25)37)34(44)42(20-16-12-10-8-6-4-2)36(46)28(24)32-31(27(23)35(41)45)39-21-17-13-14-18-22(21)40-32/h13-14,17-18,39-40H,3-12,15-16,19-20H2,1-2H3. The van der Waals surface area contributed by atoms with Crippen molar-refractivity contribution in [3.8, 4) is 0 Å². The average Bonchev–Trinajstić information content (AvgIpc) is 3.05. The molecule has 10 heteroatoms. The van der Waals surface area contributed by atoms with Gasteiger partial charge in [0.1, 0.15) is 0 Å². The molecule has 0 saturated heterocycles. The second kappa shape index (κ2) is 13.9. The summed E-state index contributed by atoms with van der Waals surface area (Å²) in [4.78, 5) is 64.0. The molecule has 0 radical (unpaired) electrons. The number of pyridine rings is 2. The van der Waals surface area contributed by atoms with Crippen molar-refractivity contribution < 1.29 is 0 Å². The van der Waals surface area contributed by atoms with Gasteiger partial charge in [-0.1, -0.05) is 90.2 Å². The van der Waals surface area contributed by atoms with E-state index < -0.39 is 22.2 Å². The highest BCUT2D eigenvalue weighted by molar-refractivity contribution is 9.13. The number of halogens is 2. The Hall–Kier alpha value is -3.24. The van der Waals surface area contributed by atoms with Gasteiger partial charge in [-0.2, -0.15) is 0 Å². The zero-order chi connectivity index (χ0) is 32.5. The number of aromatic amines is 2. The van der Waals surface area contributed by atoms with Crippen LogP contribution in [0.25, 0.3) is 54.4 Å². The number of benzene rings is 3. The number of para-hydroxylation sites is 2. The molecule has 3 heterocycles. The number of hydrogen-bond acceptors (Lipinski definition) is 4. The van der Waals surface area contributed by atoms with E-state index in [0.717, 1.165) is 62.4 Å². The zero-order valence-electron chi connectivity index (χ0n) is 26.5. The quantitative estimate of drug-likeness (QED) is 0.0659. The number of nitrogens with zero attached hydrogens (tertiary/aromatic N) is 2. The van der Waals surface area contributed by atoms with E-state index in [9.17, 15) is 19.2 Å². The van der Waals surface area contributed by atoms with Crippen LogP contribution in [-0.2, 0) is 13.1 Å². The fourth-order valence-electron chi connectivity index (χ4n) is 6.97. The van der Waals surface area contributed by atoms with Gasteiger partial charge in [-0.3, -0.25) is 28.3 Å². The summed E-state index contributed by atoms with van der Waals surface area (Å²) in [6.45, 7) is 4.93. The third-order valence-corrected chi connectivity index (χ3v) is 11.5. The van der Waals surface area contributed by atoms with Crippen molar-refractivity contribution in [2.24, 2.45) is 0 Å². The van der Waals surface area contributed by atoms with E-state index in [2.05, 4.69) is 55.7 Å². The summed E-state index contributed by atoms with van der Waals surface area (Å²) >= 11 is 7.29. The van der Waals surface area contributed by atoms with Crippen molar-refractivity contribution in [3.05, 3.63) is 74.6 Å². The lowest BCUT2D eigenvalue weighted by Gasteiger charge is -2.19. The van der Waals surface area contributed by atoms with Crippen molar-refractivity contribution in [2.75, 3.05) is 0 Å². The van der Waals surface area contributed by atoms with E-state index in [1.165, 1.54) is 22.0 Å². The van der Waals surface area contributed by atoms with E-state index in [4.69, 9.17) is 0 Å². The molecule has 0 atom stereocenters. The summed E-state index contributed by atoms with van der Waals surface area (Å²) in [6.07, 6.45) is 12.2. The number of fused-ring (bicyclic) bond motifs is 4. The molecule has 2 N–H and O–H groups in total. The number of rotatable bonds is 14. The smallest absolute Gasteiger partial charge is 0.263 e. The van der Waals surface area contributed by atoms with Crippen molar-refractivity contribution >= 4 is 86.2 Å². The topological polar surface area (TPSA) is 110 Å². The van der Waals surface area contributed by atoms with Gasteiger partial charge in [0.2, 0.25) is 0 Å². The maximum absolute atomic E-state index is 14.4. The van der Waals surface area contributed by atoms with Gasteiger partial charge in [-0.05, 0) is 56.8 Å². The fraction of sp³-hybridized carbons (Fsp3) is 0.444. The zero-order valence-corrected chi connectivity index (χ0v) is 29.7. The number of aromatic nitrogens is 4. The summed E-state index contributed by atoms with van der Waals surface area (Å²) in [7, 11) is 0. The van der Waals surface area contributed by atoms with Gasteiger partial charge in [0.05, 0.1) is 43.6 Å². The van der Waals surface area contributed by atoms with Crippen LogP contribution in [0.5, 0.6) is 0 Å². The van der Waals surface area contributed by atoms with Crippen molar-refractivity contribution in [1.82, 2.24) is 19.1 Å². The largest absolute Gasteiger partial charge is 0.351 e. The van der Waals surface area contributed by atoms with Gasteiger partial charge in [0.25, 0.3) is 22.2 Å². The number of hydrogen-bond donors (Lipinski definition) is 2. The van der Waals surface area contributed by atoms with Gasteiger partial charge in [0, 0.05) is 32.8 Å². The molecule has 0 saturated carbocycles. The van der Waals surface area contributed by atoms with Crippen molar-refractivity contribution in [2.45, 2.75) is 104 Å². The first-order valence-electron chi connectivity index (χ1n) is 16.7. The number of nitrogens with one attached hydrogen (secondary N) is 2. The minimum Gasteiger partial charge on any atom is -0.351 e. The van der Waals surface area contributed by atoms with Gasteiger partial charge in [0.15, 0.2) is 0 Å². The lowest BCUT2D eigenvalue weighted by Crippen LogP contribution is -2.36. The van der Waals surface area contributed by atoms with Crippen molar-refractivity contribution in [3.63, 3.8) is 0 Å². The lowest BCUT2D eigenvalue weighted by atomic mass is 9.94. The van der Waals surface area contributed by atoms with E-state index in [-0.39, 0.29) is 0 Å². The minimum atomic E-state index is -0.422. The van der Waals surface area contributed by atoms with Crippen LogP contribution in [0.2, 0.25) is 0 Å². The van der Waals surface area contributed by atoms with Crippen LogP contribution in [0.15, 0.2) is 52.4 Å². The predicted octanol–water partition coefficient (Wildman–Crippen LogP) is 8.84. The normalized spacial score (nSPS) is 12.2. The Morgan fingerprint density at radius 3 is 1.24 bits per heavy atom. The van der Waals surface area contributed by atoms with Gasteiger partial charge in [-0.25, -0.2) is 0 Å². The molecule has 6 rings (SSSR count). The van der Waals surface area contributed by atoms with E-state index in [1.54, 1.807) is 0 Å². The fourth-order valence-corrected chi connectivity index (χ4v) is 8.10. The van der Waals surface area contributed by atoms with Gasteiger partial charge < -0.3 is 9.97 Å². The molecule has 0 aliphatic heterocycles. The van der Waals surface area contributed by atoms with Crippen LogP contribution < -0.4 is 22.2 Å². The van der Waals surface area contributed by atoms with Crippen LogP contribution in [0.1, 0.15) is 90.9 Å². The number of H-pyrrole nitrogens is 2. The third kappa shape index (κ3) is 5.55. The predicted molar refractivity (Wildman–Crippen MR) is 197 cm³/mol. The second-order valence-corrected chi connectivity index (χ2v) is 14.1. The summed E-state index contributed by atoms with van der Waals surface area (Å²) in [5.41, 5.74) is 0.738. The summed E-state index contributed by atoms with van der Waals surface area (Å²) in [6, 6.07) is 7.60. The molecule has 0 amide bonds. The molecule has 0 aliphatic carbocycles. The maximum Gasteiger partial charge on any atom is 0.263 e. The first-order valence-corrected chi connectivity index (χ1v) is 18.3. The SMILES string of the molecule is CCCCCCCCn1c(=O)c2c(Br)c(Br)c3c(=O)n(CCCCCCCC)c(=O)c4c5[nH]c6ccccc6[nH]c5c(c1=O)c2c34. The summed E-state index contributed by atoms with van der Waals surface area (Å²) in [5.74, 6) is 0. The van der Waals surface area contributed by atoms with Gasteiger partial charge >= 0.3 is 0 Å². The van der Waals surface area contributed by atoms with Crippen LogP contribution in [-0.4, -0.2) is 19.1 Å². The Labute approximate surface area is 282 Å². The molecule has 0 aliphatic rings. The molecule has 0 spiro atoms. The molecular weight excluding hydrogens is 712 g/mol. The van der Waals surface area contributed by atoms with E-state index in [0.29, 0.717) is 78.2 Å². The van der Waals surface area contributed by atoms with E-state index >= 15 is 0 Å². The first-order chi connectivity index (χ1) is 22.3. The van der Waals surface area contributed by atoms with Crippen LogP contribution in [0, 0.1) is 0 Å². The molecule has 0 bridgehead atoms. The van der Waals surface area contributed by atoms with Crippen molar-refractivity contribution in [1.29, 1.82) is 0 Å². The highest BCUT2D eigenvalue weighted by Crippen LogP contribution is 2.42. The Morgan fingerprint density at radius 2 is 0.848 bits per heavy atom. The molecule has 0 unspecified atom stereocenters. The van der Waals surface area contributed by atoms with Crippen LogP contribution >= 0.6 is 31.9 Å². The molecule has 6 aromatic rings. The maximum atomic E-state index is 14.4. The first kappa shape index (κ1) is 32.7. The molecule has 3 aromatic carbocycles. The molecule has 3 aromatic heterocycles. The minimum absolute atomic E-state index is 0.292. The number of unbranched alkanes of at least 4 members (excludes halogenated alkanes) is 10. The summed E-state index contributed by atoms with van der Waals surface area (Å²) < 4.78 is 3.49. The molecule has 8 nitrogen and oxygen atoms in total. The van der Waals surface area contributed by atoms with Crippen LogP contribution in [0.4, 0.5) is 0 Å². The van der Waals surface area contributed by atoms with Crippen LogP contribution in [0.3, 0.4) is 0 Å². The monoisotopic (exact) mass is 750 g/mol. The highest BCUT2D eigenvalue weighted by Gasteiger charge is 2.29. The molecule has 242 valence electrons. The molecule has 0 fully saturated rings. The summed E-state index contributed by atoms with van der Waals surface area (Å²) in [5, 5.41) is 1.89. The third-order valence-electron chi connectivity index (χ3n) is 9.38. The van der Waals surface area contributed by atoms with E-state index in [1.807, 2.05) is 24.3 Å².